The molecule has 5 rings (SSSR count). The zero-order chi connectivity index (χ0) is 26.7. The molecule has 2 aliphatic heterocycles. The maximum Gasteiger partial charge on any atom is 0.256 e. The number of benzene rings is 3. The van der Waals surface area contributed by atoms with Crippen molar-refractivity contribution in [3.8, 4) is 0 Å². The molecule has 1 spiro atoms. The van der Waals surface area contributed by atoms with Crippen molar-refractivity contribution in [1.29, 1.82) is 0 Å². The van der Waals surface area contributed by atoms with Gasteiger partial charge in [-0.05, 0) is 48.0 Å². The molecule has 2 saturated heterocycles. The average molecular weight is 536 g/mol. The van der Waals surface area contributed by atoms with Crippen molar-refractivity contribution in [1.82, 2.24) is 15.1 Å². The van der Waals surface area contributed by atoms with Gasteiger partial charge in [-0.15, -0.1) is 0 Å². The first-order valence-electron chi connectivity index (χ1n) is 12.5. The Labute approximate surface area is 225 Å². The van der Waals surface area contributed by atoms with E-state index in [1.165, 1.54) is 29.2 Å². The van der Waals surface area contributed by atoms with Crippen molar-refractivity contribution in [2.24, 2.45) is 0 Å². The molecule has 38 heavy (non-hydrogen) atoms. The molecule has 1 atom stereocenters. The maximum atomic E-state index is 13.7. The molecule has 0 saturated carbocycles. The van der Waals surface area contributed by atoms with Crippen LogP contribution in [0.5, 0.6) is 0 Å². The number of nitrogens with one attached hydrogen (secondary N) is 1. The fourth-order valence-corrected chi connectivity index (χ4v) is 5.25. The molecule has 2 fully saturated rings. The fraction of sp³-hybridized carbons (Fsp3) is 0.276. The lowest BCUT2D eigenvalue weighted by molar-refractivity contribution is -0.128. The monoisotopic (exact) mass is 535 g/mol. The molecule has 196 valence electrons. The summed E-state index contributed by atoms with van der Waals surface area (Å²) in [5.74, 6) is -1.37. The molecule has 3 aromatic carbocycles. The Hall–Kier alpha value is -3.75. The van der Waals surface area contributed by atoms with Gasteiger partial charge in [-0.1, -0.05) is 48.0 Å². The standard InChI is InChI=1S/C29H27ClFN3O4/c30-23-8-4-7-22(17-23)27(36)33-15-13-29(14-16-33)34(28(37)21-9-11-24(31)12-10-21)25(19-38-29)26(35)32-18-20-5-2-1-3-6-20/h1-12,17,25H,13-16,18-19H2,(H,32,35)/t25-/m0/s1. The summed E-state index contributed by atoms with van der Waals surface area (Å²) in [5.41, 5.74) is 0.609. The molecule has 2 heterocycles. The van der Waals surface area contributed by atoms with Gasteiger partial charge < -0.3 is 15.0 Å². The van der Waals surface area contributed by atoms with Crippen LogP contribution < -0.4 is 5.32 Å². The van der Waals surface area contributed by atoms with Gasteiger partial charge in [0.25, 0.3) is 11.8 Å². The fourth-order valence-electron chi connectivity index (χ4n) is 5.06. The summed E-state index contributed by atoms with van der Waals surface area (Å²) in [5, 5.41) is 3.39. The third kappa shape index (κ3) is 5.28. The first kappa shape index (κ1) is 25.9. The largest absolute Gasteiger partial charge is 0.353 e. The molecule has 0 unspecified atom stereocenters. The molecule has 7 nitrogen and oxygen atoms in total. The summed E-state index contributed by atoms with van der Waals surface area (Å²) in [6.07, 6.45) is 0.656. The molecule has 3 amide bonds. The summed E-state index contributed by atoms with van der Waals surface area (Å²) in [6.45, 7) is 0.993. The Bertz CT molecular complexity index is 1330. The Balaban J connectivity index is 1.36. The number of halogens is 2. The lowest BCUT2D eigenvalue weighted by Crippen LogP contribution is -2.59. The summed E-state index contributed by atoms with van der Waals surface area (Å²) >= 11 is 6.06. The second-order valence-electron chi connectivity index (χ2n) is 9.46. The van der Waals surface area contributed by atoms with E-state index in [0.717, 1.165) is 5.56 Å². The first-order valence-corrected chi connectivity index (χ1v) is 12.8. The van der Waals surface area contributed by atoms with Gasteiger partial charge in [-0.3, -0.25) is 19.3 Å². The molecule has 0 aromatic heterocycles. The Kier molecular flexibility index (Phi) is 7.44. The van der Waals surface area contributed by atoms with E-state index in [-0.39, 0.29) is 24.0 Å². The van der Waals surface area contributed by atoms with E-state index >= 15 is 0 Å². The molecule has 0 radical (unpaired) electrons. The van der Waals surface area contributed by atoms with Gasteiger partial charge in [0.05, 0.1) is 6.61 Å². The van der Waals surface area contributed by atoms with Crippen molar-refractivity contribution >= 4 is 29.3 Å². The van der Waals surface area contributed by atoms with Crippen LogP contribution in [0, 0.1) is 5.82 Å². The number of hydrogen-bond donors (Lipinski definition) is 1. The number of nitrogens with zero attached hydrogens (tertiary/aromatic N) is 2. The van der Waals surface area contributed by atoms with Crippen molar-refractivity contribution < 1.29 is 23.5 Å². The molecule has 9 heteroatoms. The minimum atomic E-state index is -1.06. The van der Waals surface area contributed by atoms with Crippen molar-refractivity contribution in [3.05, 3.63) is 106 Å². The minimum Gasteiger partial charge on any atom is -0.353 e. The van der Waals surface area contributed by atoms with E-state index < -0.39 is 23.5 Å². The maximum absolute atomic E-state index is 13.7. The second-order valence-corrected chi connectivity index (χ2v) is 9.90. The Morgan fingerprint density at radius 3 is 2.32 bits per heavy atom. The highest BCUT2D eigenvalue weighted by Crippen LogP contribution is 2.39. The third-order valence-electron chi connectivity index (χ3n) is 7.09. The normalized spacial score (nSPS) is 18.4. The van der Waals surface area contributed by atoms with Crippen LogP contribution in [0.25, 0.3) is 0 Å². The third-order valence-corrected chi connectivity index (χ3v) is 7.32. The van der Waals surface area contributed by atoms with Crippen LogP contribution >= 0.6 is 11.6 Å². The SMILES string of the molecule is O=C(NCc1ccccc1)[C@@H]1COC2(CCN(C(=O)c3cccc(Cl)c3)CC2)N1C(=O)c1ccc(F)cc1. The molecular weight excluding hydrogens is 509 g/mol. The molecule has 1 N–H and O–H groups in total. The number of hydrogen-bond acceptors (Lipinski definition) is 4. The number of likely N-dealkylation sites (tertiary alicyclic amines) is 1. The molecule has 0 aliphatic carbocycles. The van der Waals surface area contributed by atoms with Crippen LogP contribution in [0.3, 0.4) is 0 Å². The van der Waals surface area contributed by atoms with E-state index in [1.807, 2.05) is 30.3 Å². The van der Waals surface area contributed by atoms with Crippen molar-refractivity contribution in [2.45, 2.75) is 31.2 Å². The van der Waals surface area contributed by atoms with Gasteiger partial charge in [-0.2, -0.15) is 0 Å². The number of carbonyl (C=O) groups is 3. The zero-order valence-electron chi connectivity index (χ0n) is 20.6. The number of rotatable bonds is 5. The first-order chi connectivity index (χ1) is 18.4. The van der Waals surface area contributed by atoms with Gasteiger partial charge in [0.2, 0.25) is 5.91 Å². The quantitative estimate of drug-likeness (QED) is 0.529. The second kappa shape index (κ2) is 10.9. The van der Waals surface area contributed by atoms with Gasteiger partial charge in [0.15, 0.2) is 0 Å². The van der Waals surface area contributed by atoms with Gasteiger partial charge in [0.1, 0.15) is 17.6 Å². The average Bonchev–Trinajstić information content (AvgIpc) is 3.30. The highest BCUT2D eigenvalue weighted by atomic mass is 35.5. The Morgan fingerprint density at radius 2 is 1.63 bits per heavy atom. The molecule has 3 aromatic rings. The molecular formula is C29H27ClFN3O4. The summed E-state index contributed by atoms with van der Waals surface area (Å²) in [4.78, 5) is 43.3. The van der Waals surface area contributed by atoms with Crippen LogP contribution in [-0.2, 0) is 16.1 Å². The van der Waals surface area contributed by atoms with Crippen LogP contribution in [0.15, 0.2) is 78.9 Å². The summed E-state index contributed by atoms with van der Waals surface area (Å²) in [6, 6.07) is 20.6. The summed E-state index contributed by atoms with van der Waals surface area (Å²) < 4.78 is 19.8. The van der Waals surface area contributed by atoms with Gasteiger partial charge in [-0.25, -0.2) is 4.39 Å². The van der Waals surface area contributed by atoms with E-state index in [9.17, 15) is 18.8 Å². The predicted molar refractivity (Wildman–Crippen MR) is 140 cm³/mol. The molecule has 2 aliphatic rings. The minimum absolute atomic E-state index is 0.0236. The smallest absolute Gasteiger partial charge is 0.256 e. The highest BCUT2D eigenvalue weighted by molar-refractivity contribution is 6.30. The lowest BCUT2D eigenvalue weighted by Gasteiger charge is -2.44. The van der Waals surface area contributed by atoms with Crippen molar-refractivity contribution in [2.75, 3.05) is 19.7 Å². The van der Waals surface area contributed by atoms with Gasteiger partial charge in [0, 0.05) is 48.6 Å². The topological polar surface area (TPSA) is 79.0 Å². The summed E-state index contributed by atoms with van der Waals surface area (Å²) in [7, 11) is 0. The predicted octanol–water partition coefficient (Wildman–Crippen LogP) is 4.27. The van der Waals surface area contributed by atoms with Crippen molar-refractivity contribution in [3.63, 3.8) is 0 Å². The van der Waals surface area contributed by atoms with Gasteiger partial charge >= 0.3 is 0 Å². The number of amides is 3. The lowest BCUT2D eigenvalue weighted by atomic mass is 9.96. The van der Waals surface area contributed by atoms with E-state index in [0.29, 0.717) is 43.1 Å². The zero-order valence-corrected chi connectivity index (χ0v) is 21.4. The van der Waals surface area contributed by atoms with E-state index in [4.69, 9.17) is 16.3 Å². The number of ether oxygens (including phenoxy) is 1. The van der Waals surface area contributed by atoms with Crippen LogP contribution in [0.1, 0.15) is 39.1 Å². The highest BCUT2D eigenvalue weighted by Gasteiger charge is 2.54. The van der Waals surface area contributed by atoms with Crippen LogP contribution in [0.4, 0.5) is 4.39 Å². The number of piperidine rings is 1. The Morgan fingerprint density at radius 1 is 0.921 bits per heavy atom. The van der Waals surface area contributed by atoms with Crippen LogP contribution in [0.2, 0.25) is 5.02 Å². The van der Waals surface area contributed by atoms with Crippen LogP contribution in [-0.4, -0.2) is 59.0 Å². The number of carbonyl (C=O) groups excluding carboxylic acids is 3. The van der Waals surface area contributed by atoms with E-state index in [2.05, 4.69) is 5.32 Å². The molecule has 0 bridgehead atoms. The van der Waals surface area contributed by atoms with E-state index in [1.54, 1.807) is 29.2 Å².